The number of pyridine rings is 1. The summed E-state index contributed by atoms with van der Waals surface area (Å²) in [6.07, 6.45) is 9.35. The van der Waals surface area contributed by atoms with Gasteiger partial charge in [-0.05, 0) is 61.4 Å². The van der Waals surface area contributed by atoms with Crippen LogP contribution in [0.3, 0.4) is 0 Å². The highest BCUT2D eigenvalue weighted by atomic mass is 15.2. The quantitative estimate of drug-likeness (QED) is 0.734. The van der Waals surface area contributed by atoms with Gasteiger partial charge < -0.3 is 10.6 Å². The van der Waals surface area contributed by atoms with Crippen LogP contribution in [0.1, 0.15) is 19.3 Å². The van der Waals surface area contributed by atoms with E-state index in [1.54, 1.807) is 0 Å². The maximum atomic E-state index is 4.54. The summed E-state index contributed by atoms with van der Waals surface area (Å²) >= 11 is 0. The van der Waals surface area contributed by atoms with Gasteiger partial charge in [-0.3, -0.25) is 4.68 Å². The summed E-state index contributed by atoms with van der Waals surface area (Å²) in [5, 5.41) is 13.4. The Morgan fingerprint density at radius 1 is 1.27 bits per heavy atom. The smallest absolute Gasteiger partial charge is 0.130 e. The van der Waals surface area contributed by atoms with Gasteiger partial charge in [0.05, 0.1) is 6.20 Å². The molecule has 1 unspecified atom stereocenters. The van der Waals surface area contributed by atoms with E-state index < -0.39 is 0 Å². The Kier molecular flexibility index (Phi) is 4.71. The van der Waals surface area contributed by atoms with Crippen molar-refractivity contribution >= 4 is 16.6 Å². The number of aryl methyl sites for hydroxylation is 1. The van der Waals surface area contributed by atoms with E-state index in [2.05, 4.69) is 51.6 Å². The lowest BCUT2D eigenvalue weighted by Gasteiger charge is -2.23. The first-order valence-corrected chi connectivity index (χ1v) is 9.22. The fraction of sp³-hybridized carbons (Fsp3) is 0.333. The Morgan fingerprint density at radius 3 is 2.96 bits per heavy atom. The molecule has 2 N–H and O–H groups in total. The van der Waals surface area contributed by atoms with Gasteiger partial charge in [-0.1, -0.05) is 18.7 Å². The van der Waals surface area contributed by atoms with Crippen molar-refractivity contribution in [1.29, 1.82) is 0 Å². The Balaban J connectivity index is 1.51. The highest BCUT2D eigenvalue weighted by molar-refractivity contribution is 5.88. The molecule has 0 saturated carbocycles. The molecule has 0 aliphatic carbocycles. The Bertz CT molecular complexity index is 921. The molecule has 134 valence electrons. The summed E-state index contributed by atoms with van der Waals surface area (Å²) in [5.74, 6) is 1.52. The molecule has 1 aliphatic heterocycles. The summed E-state index contributed by atoms with van der Waals surface area (Å²) in [6, 6.07) is 8.51. The predicted octanol–water partition coefficient (Wildman–Crippen LogP) is 3.95. The Hall–Kier alpha value is -2.66. The number of nitrogens with zero attached hydrogens (tertiary/aromatic N) is 3. The Labute approximate surface area is 154 Å². The average Bonchev–Trinajstić information content (AvgIpc) is 3.08. The predicted molar refractivity (Wildman–Crippen MR) is 107 cm³/mol. The van der Waals surface area contributed by atoms with Crippen LogP contribution in [0, 0.1) is 5.92 Å². The number of fused-ring (bicyclic) bond motifs is 1. The third kappa shape index (κ3) is 3.78. The van der Waals surface area contributed by atoms with Gasteiger partial charge in [0.2, 0.25) is 0 Å². The lowest BCUT2D eigenvalue weighted by atomic mass is 9.95. The first-order valence-electron chi connectivity index (χ1n) is 9.22. The van der Waals surface area contributed by atoms with Crippen LogP contribution in [0.25, 0.3) is 21.9 Å². The first kappa shape index (κ1) is 16.8. The molecule has 3 heterocycles. The third-order valence-corrected chi connectivity index (χ3v) is 5.00. The van der Waals surface area contributed by atoms with Crippen LogP contribution in [-0.4, -0.2) is 27.9 Å². The van der Waals surface area contributed by atoms with Gasteiger partial charge in [0, 0.05) is 36.1 Å². The zero-order valence-electron chi connectivity index (χ0n) is 15.2. The van der Waals surface area contributed by atoms with Crippen LogP contribution in [0.4, 0.5) is 5.82 Å². The number of piperidine rings is 1. The topological polar surface area (TPSA) is 54.8 Å². The second-order valence-electron chi connectivity index (χ2n) is 7.18. The van der Waals surface area contributed by atoms with Crippen molar-refractivity contribution < 1.29 is 0 Å². The average molecular weight is 347 g/mol. The molecule has 1 saturated heterocycles. The maximum absolute atomic E-state index is 4.54. The molecule has 0 radical (unpaired) electrons. The van der Waals surface area contributed by atoms with Crippen molar-refractivity contribution in [1.82, 2.24) is 20.1 Å². The summed E-state index contributed by atoms with van der Waals surface area (Å²) in [5.41, 5.74) is 3.32. The van der Waals surface area contributed by atoms with Crippen LogP contribution >= 0.6 is 0 Å². The van der Waals surface area contributed by atoms with E-state index in [4.69, 9.17) is 0 Å². The van der Waals surface area contributed by atoms with Crippen molar-refractivity contribution in [2.24, 2.45) is 13.0 Å². The number of rotatable bonds is 5. The Morgan fingerprint density at radius 2 is 2.19 bits per heavy atom. The molecular weight excluding hydrogens is 322 g/mol. The number of allylic oxidation sites excluding steroid dienone is 1. The second kappa shape index (κ2) is 7.30. The van der Waals surface area contributed by atoms with Gasteiger partial charge >= 0.3 is 0 Å². The van der Waals surface area contributed by atoms with Gasteiger partial charge in [-0.2, -0.15) is 5.10 Å². The monoisotopic (exact) mass is 347 g/mol. The normalized spacial score (nSPS) is 17.3. The summed E-state index contributed by atoms with van der Waals surface area (Å²) < 4.78 is 1.82. The number of nitrogens with one attached hydrogen (secondary N) is 2. The molecule has 3 aromatic rings. The molecule has 0 spiro atoms. The molecule has 1 aromatic carbocycles. The van der Waals surface area contributed by atoms with Crippen molar-refractivity contribution in [3.05, 3.63) is 55.1 Å². The van der Waals surface area contributed by atoms with Gasteiger partial charge in [-0.15, -0.1) is 0 Å². The molecule has 1 aliphatic rings. The van der Waals surface area contributed by atoms with E-state index in [0.717, 1.165) is 52.9 Å². The molecule has 5 nitrogen and oxygen atoms in total. The maximum Gasteiger partial charge on any atom is 0.130 e. The lowest BCUT2D eigenvalue weighted by molar-refractivity contribution is 0.376. The van der Waals surface area contributed by atoms with Gasteiger partial charge in [-0.25, -0.2) is 4.98 Å². The SMILES string of the molecule is C=C(CC1CCCNC1)Nc1cc2cc(-c3cnn(C)c3)ccc2cn1. The zero-order valence-corrected chi connectivity index (χ0v) is 15.2. The summed E-state index contributed by atoms with van der Waals surface area (Å²) in [6.45, 7) is 6.43. The lowest BCUT2D eigenvalue weighted by Crippen LogP contribution is -2.30. The highest BCUT2D eigenvalue weighted by Gasteiger charge is 2.14. The molecular formula is C21H25N5. The highest BCUT2D eigenvalue weighted by Crippen LogP contribution is 2.26. The minimum absolute atomic E-state index is 0.668. The van der Waals surface area contributed by atoms with Crippen molar-refractivity contribution in [3.8, 4) is 11.1 Å². The van der Waals surface area contributed by atoms with Crippen LogP contribution < -0.4 is 10.6 Å². The molecule has 1 fully saturated rings. The van der Waals surface area contributed by atoms with E-state index >= 15 is 0 Å². The van der Waals surface area contributed by atoms with E-state index in [-0.39, 0.29) is 0 Å². The van der Waals surface area contributed by atoms with Gasteiger partial charge in [0.25, 0.3) is 0 Å². The molecule has 1 atom stereocenters. The second-order valence-corrected chi connectivity index (χ2v) is 7.18. The van der Waals surface area contributed by atoms with E-state index in [9.17, 15) is 0 Å². The van der Waals surface area contributed by atoms with E-state index in [0.29, 0.717) is 5.92 Å². The number of hydrogen-bond acceptors (Lipinski definition) is 4. The van der Waals surface area contributed by atoms with Crippen molar-refractivity contribution in [2.45, 2.75) is 19.3 Å². The molecule has 0 bridgehead atoms. The summed E-state index contributed by atoms with van der Waals surface area (Å²) in [7, 11) is 1.93. The largest absolute Gasteiger partial charge is 0.344 e. The molecule has 26 heavy (non-hydrogen) atoms. The van der Waals surface area contributed by atoms with Crippen LogP contribution in [0.5, 0.6) is 0 Å². The third-order valence-electron chi connectivity index (χ3n) is 5.00. The number of hydrogen-bond donors (Lipinski definition) is 2. The fourth-order valence-electron chi connectivity index (χ4n) is 3.64. The van der Waals surface area contributed by atoms with Crippen LogP contribution in [-0.2, 0) is 7.05 Å². The van der Waals surface area contributed by atoms with Crippen molar-refractivity contribution in [3.63, 3.8) is 0 Å². The van der Waals surface area contributed by atoms with Gasteiger partial charge in [0.15, 0.2) is 0 Å². The summed E-state index contributed by atoms with van der Waals surface area (Å²) in [4.78, 5) is 4.54. The molecule has 5 heteroatoms. The van der Waals surface area contributed by atoms with Gasteiger partial charge in [0.1, 0.15) is 5.82 Å². The zero-order chi connectivity index (χ0) is 17.9. The number of benzene rings is 1. The van der Waals surface area contributed by atoms with Crippen LogP contribution in [0.2, 0.25) is 0 Å². The number of aromatic nitrogens is 3. The molecule has 4 rings (SSSR count). The number of anilines is 1. The van der Waals surface area contributed by atoms with Crippen LogP contribution in [0.15, 0.2) is 55.1 Å². The first-order chi connectivity index (χ1) is 12.7. The molecule has 2 aromatic heterocycles. The minimum atomic E-state index is 0.668. The van der Waals surface area contributed by atoms with E-state index in [1.165, 1.54) is 12.8 Å². The standard InChI is InChI=1S/C21H25N5/c1-15(8-16-4-3-7-22-11-16)25-21-10-19-9-17(5-6-18(19)12-23-21)20-13-24-26(2)14-20/h5-6,9-10,12-14,16,22H,1,3-4,7-8,11H2,2H3,(H,23,25). The fourth-order valence-corrected chi connectivity index (χ4v) is 3.64. The van der Waals surface area contributed by atoms with Crippen molar-refractivity contribution in [2.75, 3.05) is 18.4 Å². The van der Waals surface area contributed by atoms with E-state index in [1.807, 2.05) is 30.3 Å². The minimum Gasteiger partial charge on any atom is -0.344 e. The molecule has 0 amide bonds.